The average molecular weight is 420 g/mol. The molecular weight excluding hydrogens is 405 g/mol. The van der Waals surface area contributed by atoms with Gasteiger partial charge in [-0.25, -0.2) is 9.82 Å². The Labute approximate surface area is 176 Å². The van der Waals surface area contributed by atoms with Crippen LogP contribution in [0.25, 0.3) is 21.5 Å². The number of carbonyl (C=O) groups is 2. The molecule has 0 unspecified atom stereocenters. The number of fused-ring (bicyclic) bond motifs is 2. The molecule has 5 nitrogen and oxygen atoms in total. The van der Waals surface area contributed by atoms with Crippen molar-refractivity contribution in [3.8, 4) is 0 Å². The zero-order valence-electron chi connectivity index (χ0n) is 15.5. The summed E-state index contributed by atoms with van der Waals surface area (Å²) in [7, 11) is 0. The van der Waals surface area contributed by atoms with Crippen molar-refractivity contribution in [3.05, 3.63) is 89.2 Å². The number of anilines is 1. The quantitative estimate of drug-likeness (QED) is 0.215. The van der Waals surface area contributed by atoms with Crippen LogP contribution in [0.4, 0.5) is 10.1 Å². The summed E-state index contributed by atoms with van der Waals surface area (Å²) in [6.45, 7) is 0. The van der Waals surface area contributed by atoms with Crippen LogP contribution in [0, 0.1) is 5.82 Å². The third kappa shape index (κ3) is 3.99. The summed E-state index contributed by atoms with van der Waals surface area (Å²) in [6, 6.07) is 21.4. The highest BCUT2D eigenvalue weighted by atomic mass is 35.5. The van der Waals surface area contributed by atoms with Gasteiger partial charge in [-0.2, -0.15) is 5.10 Å². The summed E-state index contributed by atoms with van der Waals surface area (Å²) < 4.78 is 13.2. The van der Waals surface area contributed by atoms with E-state index >= 15 is 0 Å². The number of amides is 2. The van der Waals surface area contributed by atoms with Crippen LogP contribution in [0.3, 0.4) is 0 Å². The fourth-order valence-corrected chi connectivity index (χ4v) is 3.34. The molecule has 0 atom stereocenters. The van der Waals surface area contributed by atoms with Gasteiger partial charge in [0.05, 0.1) is 11.2 Å². The molecule has 0 bridgehead atoms. The fourth-order valence-electron chi connectivity index (χ4n) is 3.16. The van der Waals surface area contributed by atoms with E-state index in [1.165, 1.54) is 18.3 Å². The molecule has 0 aliphatic carbocycles. The monoisotopic (exact) mass is 419 g/mol. The Kier molecular flexibility index (Phi) is 5.41. The highest BCUT2D eigenvalue weighted by Gasteiger charge is 2.14. The molecule has 2 N–H and O–H groups in total. The van der Waals surface area contributed by atoms with Gasteiger partial charge in [-0.3, -0.25) is 9.59 Å². The molecule has 0 radical (unpaired) electrons. The van der Waals surface area contributed by atoms with E-state index in [1.54, 1.807) is 0 Å². The number of benzene rings is 4. The first-order valence-corrected chi connectivity index (χ1v) is 9.40. The molecule has 7 heteroatoms. The number of hydrazone groups is 1. The summed E-state index contributed by atoms with van der Waals surface area (Å²) in [5.41, 5.74) is 3.25. The van der Waals surface area contributed by atoms with Crippen molar-refractivity contribution in [1.82, 2.24) is 5.43 Å². The van der Waals surface area contributed by atoms with Crippen molar-refractivity contribution in [1.29, 1.82) is 0 Å². The first-order chi connectivity index (χ1) is 14.5. The van der Waals surface area contributed by atoms with Crippen LogP contribution >= 0.6 is 11.6 Å². The van der Waals surface area contributed by atoms with E-state index in [2.05, 4.69) is 21.9 Å². The van der Waals surface area contributed by atoms with Crippen LogP contribution in [0.1, 0.15) is 5.56 Å². The lowest BCUT2D eigenvalue weighted by Gasteiger charge is -2.08. The predicted molar refractivity (Wildman–Crippen MR) is 117 cm³/mol. The van der Waals surface area contributed by atoms with Gasteiger partial charge in [0.25, 0.3) is 0 Å². The van der Waals surface area contributed by atoms with Gasteiger partial charge in [0.2, 0.25) is 0 Å². The summed E-state index contributed by atoms with van der Waals surface area (Å²) in [5.74, 6) is -2.53. The van der Waals surface area contributed by atoms with Crippen molar-refractivity contribution in [3.63, 3.8) is 0 Å². The van der Waals surface area contributed by atoms with E-state index in [4.69, 9.17) is 11.6 Å². The Morgan fingerprint density at radius 3 is 2.13 bits per heavy atom. The van der Waals surface area contributed by atoms with Crippen LogP contribution in [0.2, 0.25) is 5.02 Å². The third-order valence-electron chi connectivity index (χ3n) is 4.56. The van der Waals surface area contributed by atoms with E-state index in [-0.39, 0.29) is 10.7 Å². The molecule has 0 saturated heterocycles. The number of nitrogens with one attached hydrogen (secondary N) is 2. The standard InChI is InChI=1S/C23H15ClFN3O2/c24-20-12-16(9-10-21(20)25)27-22(29)23(30)28-26-13-19-17-7-3-1-5-14(17)11-15-6-2-4-8-18(15)19/h1-13H,(H,27,29)(H,28,30)/b26-13+. The van der Waals surface area contributed by atoms with Crippen molar-refractivity contribution in [2.24, 2.45) is 5.10 Å². The van der Waals surface area contributed by atoms with Crippen molar-refractivity contribution in [2.75, 3.05) is 5.32 Å². The van der Waals surface area contributed by atoms with E-state index < -0.39 is 17.6 Å². The van der Waals surface area contributed by atoms with Crippen molar-refractivity contribution >= 4 is 56.9 Å². The largest absolute Gasteiger partial charge is 0.329 e. The summed E-state index contributed by atoms with van der Waals surface area (Å²) >= 11 is 5.67. The Bertz CT molecular complexity index is 1270. The van der Waals surface area contributed by atoms with Crippen molar-refractivity contribution in [2.45, 2.75) is 0 Å². The zero-order valence-corrected chi connectivity index (χ0v) is 16.3. The highest BCUT2D eigenvalue weighted by molar-refractivity contribution is 6.40. The Morgan fingerprint density at radius 2 is 1.50 bits per heavy atom. The van der Waals surface area contributed by atoms with Gasteiger partial charge in [-0.1, -0.05) is 60.1 Å². The van der Waals surface area contributed by atoms with Crippen LogP contribution in [-0.2, 0) is 9.59 Å². The second-order valence-corrected chi connectivity index (χ2v) is 6.92. The van der Waals surface area contributed by atoms with Gasteiger partial charge in [0.15, 0.2) is 0 Å². The molecule has 4 aromatic rings. The summed E-state index contributed by atoms with van der Waals surface area (Å²) in [6.07, 6.45) is 1.52. The predicted octanol–water partition coefficient (Wildman–Crippen LogP) is 4.87. The molecule has 148 valence electrons. The number of hydrogen-bond acceptors (Lipinski definition) is 3. The maximum Gasteiger partial charge on any atom is 0.329 e. The van der Waals surface area contributed by atoms with Gasteiger partial charge in [-0.15, -0.1) is 0 Å². The van der Waals surface area contributed by atoms with Crippen LogP contribution in [-0.4, -0.2) is 18.0 Å². The summed E-state index contributed by atoms with van der Waals surface area (Å²) in [5, 5.41) is 10.2. The molecular formula is C23H15ClFN3O2. The van der Waals surface area contributed by atoms with Gasteiger partial charge in [0.1, 0.15) is 5.82 Å². The molecule has 4 rings (SSSR count). The lowest BCUT2D eigenvalue weighted by molar-refractivity contribution is -0.136. The Morgan fingerprint density at radius 1 is 0.867 bits per heavy atom. The fraction of sp³-hybridized carbons (Fsp3) is 0. The van der Waals surface area contributed by atoms with Crippen LogP contribution < -0.4 is 10.7 Å². The number of carbonyl (C=O) groups excluding carboxylic acids is 2. The van der Waals surface area contributed by atoms with E-state index in [0.29, 0.717) is 0 Å². The van der Waals surface area contributed by atoms with Gasteiger partial charge in [-0.05, 0) is 45.8 Å². The topological polar surface area (TPSA) is 70.6 Å². The van der Waals surface area contributed by atoms with Crippen LogP contribution in [0.5, 0.6) is 0 Å². The molecule has 2 amide bonds. The normalized spacial score (nSPS) is 11.1. The average Bonchev–Trinajstić information content (AvgIpc) is 2.75. The molecule has 0 spiro atoms. The molecule has 0 aliphatic rings. The number of rotatable bonds is 3. The van der Waals surface area contributed by atoms with Crippen LogP contribution in [0.15, 0.2) is 77.9 Å². The third-order valence-corrected chi connectivity index (χ3v) is 4.85. The first kappa shape index (κ1) is 19.5. The SMILES string of the molecule is O=C(N/N=C/c1c2ccccc2cc2ccccc12)C(=O)Nc1ccc(F)c(Cl)c1. The van der Waals surface area contributed by atoms with Gasteiger partial charge < -0.3 is 5.32 Å². The van der Waals surface area contributed by atoms with Gasteiger partial charge >= 0.3 is 11.8 Å². The Balaban J connectivity index is 1.55. The maximum absolute atomic E-state index is 13.2. The number of halogens is 2. The number of hydrogen-bond donors (Lipinski definition) is 2. The van der Waals surface area contributed by atoms with Crippen molar-refractivity contribution < 1.29 is 14.0 Å². The second kappa shape index (κ2) is 8.31. The van der Waals surface area contributed by atoms with Gasteiger partial charge in [0, 0.05) is 11.3 Å². The van der Waals surface area contributed by atoms with E-state index in [1.807, 2.05) is 48.5 Å². The smallest absolute Gasteiger partial charge is 0.318 e. The van der Waals surface area contributed by atoms with E-state index in [9.17, 15) is 14.0 Å². The minimum absolute atomic E-state index is 0.158. The molecule has 0 heterocycles. The molecule has 4 aromatic carbocycles. The lowest BCUT2D eigenvalue weighted by Crippen LogP contribution is -2.32. The minimum Gasteiger partial charge on any atom is -0.318 e. The molecule has 0 fully saturated rings. The minimum atomic E-state index is -0.962. The molecule has 30 heavy (non-hydrogen) atoms. The highest BCUT2D eigenvalue weighted by Crippen LogP contribution is 2.27. The first-order valence-electron chi connectivity index (χ1n) is 9.03. The Hall–Kier alpha value is -3.77. The lowest BCUT2D eigenvalue weighted by atomic mass is 9.97. The second-order valence-electron chi connectivity index (χ2n) is 6.51. The van der Waals surface area contributed by atoms with E-state index in [0.717, 1.165) is 33.2 Å². The molecule has 0 aliphatic heterocycles. The zero-order chi connectivity index (χ0) is 21.1. The summed E-state index contributed by atoms with van der Waals surface area (Å²) in [4.78, 5) is 24.1. The number of nitrogens with zero attached hydrogens (tertiary/aromatic N) is 1. The maximum atomic E-state index is 13.2. The molecule has 0 aromatic heterocycles. The molecule has 0 saturated carbocycles.